The van der Waals surface area contributed by atoms with E-state index in [0.29, 0.717) is 32.8 Å². The fourth-order valence-electron chi connectivity index (χ4n) is 2.99. The minimum Gasteiger partial charge on any atom is -0.496 e. The van der Waals surface area contributed by atoms with E-state index in [4.69, 9.17) is 16.3 Å². The number of carbonyl (C=O) groups is 1. The highest BCUT2D eigenvalue weighted by molar-refractivity contribution is 7.16. The first kappa shape index (κ1) is 16.8. The van der Waals surface area contributed by atoms with Crippen molar-refractivity contribution in [2.75, 3.05) is 12.4 Å². The van der Waals surface area contributed by atoms with Gasteiger partial charge in [-0.3, -0.25) is 4.79 Å². The summed E-state index contributed by atoms with van der Waals surface area (Å²) >= 11 is 7.50. The Morgan fingerprint density at radius 2 is 2.29 bits per heavy atom. The van der Waals surface area contributed by atoms with Crippen LogP contribution in [0.3, 0.4) is 0 Å². The Balaban J connectivity index is 1.93. The molecule has 124 valence electrons. The van der Waals surface area contributed by atoms with Gasteiger partial charge >= 0.3 is 0 Å². The molecule has 0 radical (unpaired) electrons. The smallest absolute Gasteiger partial charge is 0.260 e. The summed E-state index contributed by atoms with van der Waals surface area (Å²) in [5.74, 6) is 0.738. The summed E-state index contributed by atoms with van der Waals surface area (Å²) in [5, 5.41) is 13.5. The van der Waals surface area contributed by atoms with E-state index in [1.807, 2.05) is 0 Å². The molecule has 1 aromatic heterocycles. The molecule has 1 aliphatic rings. The lowest BCUT2D eigenvalue weighted by atomic mass is 9.88. The number of nitrogens with zero attached hydrogens (tertiary/aromatic N) is 1. The maximum atomic E-state index is 12.6. The monoisotopic (exact) mass is 360 g/mol. The van der Waals surface area contributed by atoms with Crippen molar-refractivity contribution in [2.24, 2.45) is 5.92 Å². The van der Waals surface area contributed by atoms with Crippen LogP contribution >= 0.6 is 22.9 Å². The number of ether oxygens (including phenoxy) is 1. The van der Waals surface area contributed by atoms with Crippen molar-refractivity contribution >= 4 is 33.8 Å². The first-order chi connectivity index (χ1) is 11.5. The van der Waals surface area contributed by atoms with Crippen molar-refractivity contribution < 1.29 is 9.53 Å². The lowest BCUT2D eigenvalue weighted by molar-refractivity contribution is 0.102. The van der Waals surface area contributed by atoms with Crippen LogP contribution in [0, 0.1) is 17.2 Å². The van der Waals surface area contributed by atoms with Crippen molar-refractivity contribution in [2.45, 2.75) is 26.2 Å². The molecule has 0 fully saturated rings. The number of carbonyl (C=O) groups excluding carboxylic acids is 1. The summed E-state index contributed by atoms with van der Waals surface area (Å²) in [6, 6.07) is 7.15. The highest BCUT2D eigenvalue weighted by Gasteiger charge is 2.25. The number of fused-ring (bicyclic) bond motifs is 1. The van der Waals surface area contributed by atoms with Gasteiger partial charge in [0.15, 0.2) is 0 Å². The molecule has 2 aromatic rings. The Morgan fingerprint density at radius 1 is 1.50 bits per heavy atom. The number of benzene rings is 1. The highest BCUT2D eigenvalue weighted by Crippen LogP contribution is 2.39. The Labute approximate surface area is 150 Å². The molecule has 0 aliphatic heterocycles. The van der Waals surface area contributed by atoms with Crippen LogP contribution in [0.5, 0.6) is 5.75 Å². The number of thiophene rings is 1. The molecular weight excluding hydrogens is 344 g/mol. The normalized spacial score (nSPS) is 16.2. The molecule has 1 amide bonds. The molecule has 1 aliphatic carbocycles. The standard InChI is InChI=1S/C18H17ClN2O2S/c1-10-3-5-12-14(9-20)18(24-16(12)7-10)21-17(22)13-8-11(19)4-6-15(13)23-2/h4,6,8,10H,3,5,7H2,1-2H3,(H,21,22)/t10-/m0/s1. The first-order valence-electron chi connectivity index (χ1n) is 7.73. The summed E-state index contributed by atoms with van der Waals surface area (Å²) in [6.45, 7) is 2.21. The maximum absolute atomic E-state index is 12.6. The third-order valence-electron chi connectivity index (χ3n) is 4.26. The average molecular weight is 361 g/mol. The number of hydrogen-bond donors (Lipinski definition) is 1. The summed E-state index contributed by atoms with van der Waals surface area (Å²) in [6.07, 6.45) is 2.94. The van der Waals surface area contributed by atoms with Crippen molar-refractivity contribution in [1.29, 1.82) is 5.26 Å². The molecule has 1 heterocycles. The number of anilines is 1. The molecule has 0 spiro atoms. The van der Waals surface area contributed by atoms with Crippen LogP contribution in [0.4, 0.5) is 5.00 Å². The molecule has 0 bridgehead atoms. The van der Waals surface area contributed by atoms with E-state index < -0.39 is 0 Å². The maximum Gasteiger partial charge on any atom is 0.260 e. The second-order valence-electron chi connectivity index (χ2n) is 5.97. The van der Waals surface area contributed by atoms with Gasteiger partial charge in [-0.15, -0.1) is 11.3 Å². The number of nitriles is 1. The third-order valence-corrected chi connectivity index (χ3v) is 5.66. The van der Waals surface area contributed by atoms with Gasteiger partial charge in [0.1, 0.15) is 16.8 Å². The summed E-state index contributed by atoms with van der Waals surface area (Å²) in [5.41, 5.74) is 2.04. The van der Waals surface area contributed by atoms with Gasteiger partial charge < -0.3 is 10.1 Å². The largest absolute Gasteiger partial charge is 0.496 e. The summed E-state index contributed by atoms with van der Waals surface area (Å²) in [4.78, 5) is 13.8. The van der Waals surface area contributed by atoms with Gasteiger partial charge in [-0.25, -0.2) is 0 Å². The fraction of sp³-hybridized carbons (Fsp3) is 0.333. The number of amides is 1. The van der Waals surface area contributed by atoms with E-state index >= 15 is 0 Å². The summed E-state index contributed by atoms with van der Waals surface area (Å²) < 4.78 is 5.23. The van der Waals surface area contributed by atoms with Gasteiger partial charge in [0, 0.05) is 9.90 Å². The van der Waals surface area contributed by atoms with E-state index in [-0.39, 0.29) is 5.91 Å². The van der Waals surface area contributed by atoms with Gasteiger partial charge in [-0.05, 0) is 48.9 Å². The molecule has 24 heavy (non-hydrogen) atoms. The fourth-order valence-corrected chi connectivity index (χ4v) is 4.51. The minimum atomic E-state index is -0.322. The summed E-state index contributed by atoms with van der Waals surface area (Å²) in [7, 11) is 1.51. The number of methoxy groups -OCH3 is 1. The zero-order valence-electron chi connectivity index (χ0n) is 13.5. The van der Waals surface area contributed by atoms with Crippen LogP contribution in [0.15, 0.2) is 18.2 Å². The molecule has 1 atom stereocenters. The van der Waals surface area contributed by atoms with E-state index in [2.05, 4.69) is 18.3 Å². The minimum absolute atomic E-state index is 0.322. The second-order valence-corrected chi connectivity index (χ2v) is 7.51. The van der Waals surface area contributed by atoms with Crippen LogP contribution < -0.4 is 10.1 Å². The molecule has 1 aromatic carbocycles. The molecule has 3 rings (SSSR count). The molecular formula is C18H17ClN2O2S. The molecule has 0 saturated carbocycles. The van der Waals surface area contributed by atoms with Gasteiger partial charge in [0.25, 0.3) is 5.91 Å². The molecule has 0 unspecified atom stereocenters. The Bertz CT molecular complexity index is 838. The topological polar surface area (TPSA) is 62.1 Å². The lowest BCUT2D eigenvalue weighted by Crippen LogP contribution is -2.13. The van der Waals surface area contributed by atoms with E-state index in [9.17, 15) is 10.1 Å². The predicted octanol–water partition coefficient (Wildman–Crippen LogP) is 4.66. The van der Waals surface area contributed by atoms with E-state index in [1.54, 1.807) is 18.2 Å². The van der Waals surface area contributed by atoms with E-state index in [1.165, 1.54) is 23.3 Å². The SMILES string of the molecule is COc1ccc(Cl)cc1C(=O)Nc1sc2c(c1C#N)CC[C@H](C)C2. The Kier molecular flexibility index (Phi) is 4.79. The quantitative estimate of drug-likeness (QED) is 0.865. The Morgan fingerprint density at radius 3 is 3.00 bits per heavy atom. The molecule has 0 saturated heterocycles. The predicted molar refractivity (Wildman–Crippen MR) is 96.2 cm³/mol. The van der Waals surface area contributed by atoms with Crippen LogP contribution in [-0.2, 0) is 12.8 Å². The zero-order chi connectivity index (χ0) is 17.3. The van der Waals surface area contributed by atoms with Gasteiger partial charge in [-0.2, -0.15) is 5.26 Å². The van der Waals surface area contributed by atoms with Crippen LogP contribution in [0.25, 0.3) is 0 Å². The second kappa shape index (κ2) is 6.84. The van der Waals surface area contributed by atoms with Gasteiger partial charge in [-0.1, -0.05) is 18.5 Å². The van der Waals surface area contributed by atoms with Crippen LogP contribution in [0.1, 0.15) is 39.7 Å². The molecule has 4 nitrogen and oxygen atoms in total. The number of nitrogens with one attached hydrogen (secondary N) is 1. The lowest BCUT2D eigenvalue weighted by Gasteiger charge is -2.17. The van der Waals surface area contributed by atoms with Crippen molar-refractivity contribution in [3.63, 3.8) is 0 Å². The van der Waals surface area contributed by atoms with Crippen molar-refractivity contribution in [1.82, 2.24) is 0 Å². The first-order valence-corrected chi connectivity index (χ1v) is 8.92. The zero-order valence-corrected chi connectivity index (χ0v) is 15.1. The molecule has 1 N–H and O–H groups in total. The number of hydrogen-bond acceptors (Lipinski definition) is 4. The van der Waals surface area contributed by atoms with Crippen molar-refractivity contribution in [3.8, 4) is 11.8 Å². The van der Waals surface area contributed by atoms with Gasteiger partial charge in [0.05, 0.1) is 18.2 Å². The van der Waals surface area contributed by atoms with E-state index in [0.717, 1.165) is 24.8 Å². The van der Waals surface area contributed by atoms with Crippen LogP contribution in [0.2, 0.25) is 5.02 Å². The third kappa shape index (κ3) is 3.12. The van der Waals surface area contributed by atoms with Gasteiger partial charge in [0.2, 0.25) is 0 Å². The van der Waals surface area contributed by atoms with Crippen LogP contribution in [-0.4, -0.2) is 13.0 Å². The molecule has 6 heteroatoms. The average Bonchev–Trinajstić information content (AvgIpc) is 2.90. The highest BCUT2D eigenvalue weighted by atomic mass is 35.5. The van der Waals surface area contributed by atoms with Crippen molar-refractivity contribution in [3.05, 3.63) is 44.8 Å². The number of halogens is 1. The Hall–Kier alpha value is -2.03. The number of rotatable bonds is 3.